The Kier molecular flexibility index (Phi) is 5.19. The Hall–Kier alpha value is -2.60. The quantitative estimate of drug-likeness (QED) is 0.377. The summed E-state index contributed by atoms with van der Waals surface area (Å²) in [7, 11) is 0. The summed E-state index contributed by atoms with van der Waals surface area (Å²) in [6, 6.07) is 14.3. The lowest BCUT2D eigenvalue weighted by molar-refractivity contribution is 0.101. The zero-order chi connectivity index (χ0) is 17.8. The molecule has 1 heterocycles. The lowest BCUT2D eigenvalue weighted by Gasteiger charge is -2.06. The number of aromatic nitrogens is 2. The molecular weight excluding hydrogens is 342 g/mol. The summed E-state index contributed by atoms with van der Waals surface area (Å²) in [5.41, 5.74) is 2.20. The molecule has 6 heteroatoms. The molecule has 126 valence electrons. The molecule has 0 fully saturated rings. The van der Waals surface area contributed by atoms with Gasteiger partial charge in [0.1, 0.15) is 11.6 Å². The molecule has 3 aromatic rings. The van der Waals surface area contributed by atoms with Gasteiger partial charge in [0.15, 0.2) is 10.9 Å². The van der Waals surface area contributed by atoms with Gasteiger partial charge in [-0.3, -0.25) is 4.79 Å². The molecular formula is C19H14F2N2OS. The van der Waals surface area contributed by atoms with Crippen molar-refractivity contribution in [3.63, 3.8) is 0 Å². The number of ketones is 1. The van der Waals surface area contributed by atoms with Crippen LogP contribution in [0.4, 0.5) is 8.78 Å². The van der Waals surface area contributed by atoms with E-state index in [-0.39, 0.29) is 11.3 Å². The van der Waals surface area contributed by atoms with Crippen LogP contribution in [-0.2, 0) is 0 Å². The molecule has 0 N–H and O–H groups in total. The van der Waals surface area contributed by atoms with Crippen molar-refractivity contribution >= 4 is 17.5 Å². The third-order valence-corrected chi connectivity index (χ3v) is 4.31. The average Bonchev–Trinajstić information content (AvgIpc) is 2.62. The molecule has 1 aromatic heterocycles. The zero-order valence-corrected chi connectivity index (χ0v) is 14.2. The van der Waals surface area contributed by atoms with Gasteiger partial charge in [-0.2, -0.15) is 0 Å². The number of nitrogens with zero attached hydrogens (tertiary/aromatic N) is 2. The molecule has 0 aliphatic heterocycles. The molecule has 0 aliphatic rings. The Labute approximate surface area is 148 Å². The maximum Gasteiger partial charge on any atom is 0.188 e. The van der Waals surface area contributed by atoms with Crippen LogP contribution in [0, 0.1) is 18.6 Å². The molecule has 0 saturated heterocycles. The molecule has 25 heavy (non-hydrogen) atoms. The number of carbonyl (C=O) groups is 1. The van der Waals surface area contributed by atoms with Crippen LogP contribution in [-0.4, -0.2) is 21.5 Å². The largest absolute Gasteiger partial charge is 0.293 e. The highest BCUT2D eigenvalue weighted by atomic mass is 32.2. The first-order chi connectivity index (χ1) is 12.0. The van der Waals surface area contributed by atoms with Crippen molar-refractivity contribution in [3.8, 4) is 11.3 Å². The van der Waals surface area contributed by atoms with Crippen LogP contribution in [0.2, 0.25) is 0 Å². The van der Waals surface area contributed by atoms with Crippen molar-refractivity contribution < 1.29 is 13.6 Å². The second-order valence-electron chi connectivity index (χ2n) is 5.38. The predicted molar refractivity (Wildman–Crippen MR) is 93.6 cm³/mol. The Bertz CT molecular complexity index is 917. The Balaban J connectivity index is 1.78. The minimum absolute atomic E-state index is 0.0714. The van der Waals surface area contributed by atoms with E-state index in [0.29, 0.717) is 5.16 Å². The second-order valence-corrected chi connectivity index (χ2v) is 6.32. The third kappa shape index (κ3) is 4.28. The fourth-order valence-electron chi connectivity index (χ4n) is 2.28. The van der Waals surface area contributed by atoms with Crippen molar-refractivity contribution in [2.24, 2.45) is 0 Å². The monoisotopic (exact) mass is 356 g/mol. The fourth-order valence-corrected chi connectivity index (χ4v) is 3.07. The van der Waals surface area contributed by atoms with E-state index in [2.05, 4.69) is 9.97 Å². The minimum atomic E-state index is -0.734. The van der Waals surface area contributed by atoms with Gasteiger partial charge in [0.25, 0.3) is 0 Å². The maximum absolute atomic E-state index is 13.7. The zero-order valence-electron chi connectivity index (χ0n) is 13.4. The molecule has 2 aromatic carbocycles. The third-order valence-electron chi connectivity index (χ3n) is 3.46. The van der Waals surface area contributed by atoms with Crippen LogP contribution in [0.15, 0.2) is 59.8 Å². The van der Waals surface area contributed by atoms with Gasteiger partial charge >= 0.3 is 0 Å². The number of thioether (sulfide) groups is 1. The molecule has 0 atom stereocenters. The predicted octanol–water partition coefficient (Wildman–Crippen LogP) is 4.71. The number of rotatable bonds is 5. The van der Waals surface area contributed by atoms with Gasteiger partial charge in [0.05, 0.1) is 17.0 Å². The van der Waals surface area contributed by atoms with Crippen LogP contribution in [0.5, 0.6) is 0 Å². The molecule has 0 spiro atoms. The van der Waals surface area contributed by atoms with E-state index in [4.69, 9.17) is 0 Å². The van der Waals surface area contributed by atoms with Crippen molar-refractivity contribution in [2.75, 3.05) is 5.75 Å². The molecule has 0 amide bonds. The van der Waals surface area contributed by atoms with Crippen LogP contribution in [0.1, 0.15) is 16.1 Å². The van der Waals surface area contributed by atoms with Gasteiger partial charge in [-0.25, -0.2) is 18.7 Å². The number of carbonyl (C=O) groups excluding carboxylic acids is 1. The summed E-state index contributed by atoms with van der Waals surface area (Å²) in [6.07, 6.45) is 0. The maximum atomic E-state index is 13.7. The summed E-state index contributed by atoms with van der Waals surface area (Å²) in [6.45, 7) is 1.84. The van der Waals surface area contributed by atoms with Crippen LogP contribution >= 0.6 is 11.8 Å². The van der Waals surface area contributed by atoms with Gasteiger partial charge in [0, 0.05) is 11.3 Å². The number of halogens is 2. The van der Waals surface area contributed by atoms with E-state index in [1.54, 1.807) is 0 Å². The number of aryl methyl sites for hydroxylation is 1. The van der Waals surface area contributed by atoms with E-state index in [1.165, 1.54) is 0 Å². The summed E-state index contributed by atoms with van der Waals surface area (Å²) >= 11 is 1.10. The normalized spacial score (nSPS) is 10.7. The summed E-state index contributed by atoms with van der Waals surface area (Å²) < 4.78 is 26.9. The van der Waals surface area contributed by atoms with Gasteiger partial charge in [-0.1, -0.05) is 42.1 Å². The van der Waals surface area contributed by atoms with E-state index in [9.17, 15) is 13.6 Å². The van der Waals surface area contributed by atoms with Crippen LogP contribution in [0.3, 0.4) is 0 Å². The number of Topliss-reactive ketones (excluding diaryl/α,β-unsaturated/α-hetero) is 1. The van der Waals surface area contributed by atoms with E-state index < -0.39 is 17.4 Å². The standard InChI is InChI=1S/C19H14F2N2OS/c1-12-9-17(13-5-3-2-4-6-13)23-19(22-12)25-11-18(24)15-10-14(20)7-8-16(15)21/h2-10H,11H2,1H3. The first-order valence-corrected chi connectivity index (χ1v) is 8.53. The SMILES string of the molecule is Cc1cc(-c2ccccc2)nc(SCC(=O)c2cc(F)ccc2F)n1. The number of hydrogen-bond acceptors (Lipinski definition) is 4. The van der Waals surface area contributed by atoms with Gasteiger partial charge < -0.3 is 0 Å². The lowest BCUT2D eigenvalue weighted by Crippen LogP contribution is -2.07. The van der Waals surface area contributed by atoms with Crippen molar-refractivity contribution in [1.29, 1.82) is 0 Å². The lowest BCUT2D eigenvalue weighted by atomic mass is 10.1. The van der Waals surface area contributed by atoms with Crippen LogP contribution in [0.25, 0.3) is 11.3 Å². The van der Waals surface area contributed by atoms with Gasteiger partial charge in [-0.15, -0.1) is 0 Å². The smallest absolute Gasteiger partial charge is 0.188 e. The second kappa shape index (κ2) is 7.53. The minimum Gasteiger partial charge on any atom is -0.293 e. The summed E-state index contributed by atoms with van der Waals surface area (Å²) in [5, 5.41) is 0.420. The first-order valence-electron chi connectivity index (χ1n) is 7.55. The van der Waals surface area contributed by atoms with E-state index in [1.807, 2.05) is 43.3 Å². The summed E-state index contributed by atoms with van der Waals surface area (Å²) in [4.78, 5) is 20.9. The van der Waals surface area contributed by atoms with Gasteiger partial charge in [0.2, 0.25) is 0 Å². The van der Waals surface area contributed by atoms with Crippen molar-refractivity contribution in [1.82, 2.24) is 9.97 Å². The highest BCUT2D eigenvalue weighted by Gasteiger charge is 2.14. The van der Waals surface area contributed by atoms with Crippen LogP contribution < -0.4 is 0 Å². The Morgan fingerprint density at radius 1 is 1.04 bits per heavy atom. The van der Waals surface area contributed by atoms with E-state index in [0.717, 1.165) is 46.9 Å². The topological polar surface area (TPSA) is 42.9 Å². The Morgan fingerprint density at radius 3 is 2.56 bits per heavy atom. The molecule has 0 unspecified atom stereocenters. The summed E-state index contributed by atoms with van der Waals surface area (Å²) in [5.74, 6) is -1.96. The Morgan fingerprint density at radius 2 is 1.80 bits per heavy atom. The first kappa shape index (κ1) is 17.2. The van der Waals surface area contributed by atoms with Gasteiger partial charge in [-0.05, 0) is 31.2 Å². The molecule has 0 aliphatic carbocycles. The number of benzene rings is 2. The highest BCUT2D eigenvalue weighted by Crippen LogP contribution is 2.22. The molecule has 3 rings (SSSR count). The van der Waals surface area contributed by atoms with Crippen molar-refractivity contribution in [3.05, 3.63) is 77.5 Å². The van der Waals surface area contributed by atoms with Crippen molar-refractivity contribution in [2.45, 2.75) is 12.1 Å². The fraction of sp³-hybridized carbons (Fsp3) is 0.105. The highest BCUT2D eigenvalue weighted by molar-refractivity contribution is 7.99. The van der Waals surface area contributed by atoms with E-state index >= 15 is 0 Å². The molecule has 0 saturated carbocycles. The average molecular weight is 356 g/mol. The number of hydrogen-bond donors (Lipinski definition) is 0. The molecule has 3 nitrogen and oxygen atoms in total. The molecule has 0 radical (unpaired) electrons. The molecule has 0 bridgehead atoms.